The molecule has 0 saturated heterocycles. The second-order valence-electron chi connectivity index (χ2n) is 4.53. The highest BCUT2D eigenvalue weighted by atomic mass is 32.1. The van der Waals surface area contributed by atoms with E-state index in [4.69, 9.17) is 5.11 Å². The molecule has 2 rings (SSSR count). The van der Waals surface area contributed by atoms with E-state index in [1.807, 2.05) is 6.92 Å². The van der Waals surface area contributed by atoms with E-state index in [2.05, 4.69) is 10.1 Å². The standard InChI is InChI=1S/C12H16N4O3S/c1-3-4-15(7-11(18)19)6-9-14-16-10(17)5-8(2)13-12(16)20-9/h5H,3-4,6-7H2,1-2H3,(H,18,19). The maximum Gasteiger partial charge on any atom is 0.317 e. The fourth-order valence-corrected chi connectivity index (χ4v) is 2.92. The highest BCUT2D eigenvalue weighted by Crippen LogP contribution is 2.13. The number of carboxylic acids is 1. The average molecular weight is 296 g/mol. The van der Waals surface area contributed by atoms with E-state index in [9.17, 15) is 9.59 Å². The predicted molar refractivity (Wildman–Crippen MR) is 75.1 cm³/mol. The molecule has 0 atom stereocenters. The number of aliphatic carboxylic acids is 1. The summed E-state index contributed by atoms with van der Waals surface area (Å²) in [5, 5.41) is 13.8. The van der Waals surface area contributed by atoms with E-state index >= 15 is 0 Å². The van der Waals surface area contributed by atoms with Gasteiger partial charge in [0.1, 0.15) is 5.01 Å². The van der Waals surface area contributed by atoms with E-state index in [1.54, 1.807) is 11.8 Å². The van der Waals surface area contributed by atoms with Crippen LogP contribution in [-0.4, -0.2) is 43.7 Å². The van der Waals surface area contributed by atoms with Crippen molar-refractivity contribution in [3.63, 3.8) is 0 Å². The Morgan fingerprint density at radius 3 is 2.95 bits per heavy atom. The molecule has 1 N–H and O–H groups in total. The maximum absolute atomic E-state index is 11.8. The van der Waals surface area contributed by atoms with Gasteiger partial charge in [0.15, 0.2) is 0 Å². The molecule has 108 valence electrons. The topological polar surface area (TPSA) is 87.8 Å². The molecule has 8 heteroatoms. The third-order valence-electron chi connectivity index (χ3n) is 2.67. The molecule has 0 aliphatic carbocycles. The molecule has 0 bridgehead atoms. The van der Waals surface area contributed by atoms with E-state index in [-0.39, 0.29) is 12.1 Å². The zero-order valence-electron chi connectivity index (χ0n) is 11.4. The Morgan fingerprint density at radius 1 is 1.55 bits per heavy atom. The summed E-state index contributed by atoms with van der Waals surface area (Å²) in [5.41, 5.74) is 0.441. The van der Waals surface area contributed by atoms with Crippen molar-refractivity contribution >= 4 is 22.3 Å². The van der Waals surface area contributed by atoms with Crippen LogP contribution in [-0.2, 0) is 11.3 Å². The van der Waals surface area contributed by atoms with Gasteiger partial charge in [-0.2, -0.15) is 9.61 Å². The molecular formula is C12H16N4O3S. The SMILES string of the molecule is CCCN(CC(=O)O)Cc1nn2c(=O)cc(C)nc2s1. The van der Waals surface area contributed by atoms with Crippen molar-refractivity contribution in [3.8, 4) is 0 Å². The average Bonchev–Trinajstić information content (AvgIpc) is 2.71. The summed E-state index contributed by atoms with van der Waals surface area (Å²) in [6.07, 6.45) is 0.857. The summed E-state index contributed by atoms with van der Waals surface area (Å²) in [4.78, 5) is 29.2. The zero-order valence-corrected chi connectivity index (χ0v) is 12.2. The van der Waals surface area contributed by atoms with Crippen LogP contribution in [0.1, 0.15) is 24.0 Å². The lowest BCUT2D eigenvalue weighted by Crippen LogP contribution is -2.30. The van der Waals surface area contributed by atoms with Gasteiger partial charge in [-0.1, -0.05) is 18.3 Å². The van der Waals surface area contributed by atoms with E-state index < -0.39 is 5.97 Å². The van der Waals surface area contributed by atoms with Gasteiger partial charge in [0.25, 0.3) is 5.56 Å². The highest BCUT2D eigenvalue weighted by molar-refractivity contribution is 7.16. The van der Waals surface area contributed by atoms with Crippen molar-refractivity contribution in [2.75, 3.05) is 13.1 Å². The molecule has 0 saturated carbocycles. The van der Waals surface area contributed by atoms with Gasteiger partial charge < -0.3 is 5.11 Å². The van der Waals surface area contributed by atoms with Gasteiger partial charge in [-0.05, 0) is 19.9 Å². The minimum atomic E-state index is -0.870. The Hall–Kier alpha value is -1.80. The van der Waals surface area contributed by atoms with Crippen LogP contribution < -0.4 is 5.56 Å². The Morgan fingerprint density at radius 2 is 2.30 bits per heavy atom. The summed E-state index contributed by atoms with van der Waals surface area (Å²) >= 11 is 1.31. The molecule has 0 aliphatic rings. The molecule has 2 aromatic heterocycles. The zero-order chi connectivity index (χ0) is 14.7. The second kappa shape index (κ2) is 6.10. The number of carbonyl (C=O) groups is 1. The molecule has 20 heavy (non-hydrogen) atoms. The monoisotopic (exact) mass is 296 g/mol. The molecule has 0 radical (unpaired) electrons. The summed E-state index contributed by atoms with van der Waals surface area (Å²) in [7, 11) is 0. The van der Waals surface area contributed by atoms with Crippen LogP contribution in [0.3, 0.4) is 0 Å². The molecule has 2 aromatic rings. The van der Waals surface area contributed by atoms with E-state index in [1.165, 1.54) is 21.9 Å². The van der Waals surface area contributed by atoms with Crippen LogP contribution in [0.25, 0.3) is 4.96 Å². The van der Waals surface area contributed by atoms with Crippen molar-refractivity contribution < 1.29 is 9.90 Å². The third-order valence-corrected chi connectivity index (χ3v) is 3.57. The maximum atomic E-state index is 11.8. The van der Waals surface area contributed by atoms with Gasteiger partial charge in [0.05, 0.1) is 13.1 Å². The van der Waals surface area contributed by atoms with Crippen molar-refractivity contribution in [3.05, 3.63) is 27.1 Å². The predicted octanol–water partition coefficient (Wildman–Crippen LogP) is 0.756. The van der Waals surface area contributed by atoms with Gasteiger partial charge in [-0.25, -0.2) is 4.98 Å². The molecule has 0 unspecified atom stereocenters. The third kappa shape index (κ3) is 3.40. The van der Waals surface area contributed by atoms with Crippen LogP contribution in [0.2, 0.25) is 0 Å². The minimum absolute atomic E-state index is 0.0366. The number of rotatable bonds is 6. The van der Waals surface area contributed by atoms with Gasteiger partial charge in [0.2, 0.25) is 4.96 Å². The van der Waals surface area contributed by atoms with Crippen LogP contribution in [0.5, 0.6) is 0 Å². The molecule has 0 amide bonds. The van der Waals surface area contributed by atoms with Gasteiger partial charge in [-0.15, -0.1) is 0 Å². The quantitative estimate of drug-likeness (QED) is 0.846. The normalized spacial score (nSPS) is 11.3. The molecule has 0 fully saturated rings. The molecule has 0 aliphatic heterocycles. The second-order valence-corrected chi connectivity index (χ2v) is 5.57. The lowest BCUT2D eigenvalue weighted by Gasteiger charge is -2.17. The number of fused-ring (bicyclic) bond motifs is 1. The summed E-state index contributed by atoms with van der Waals surface area (Å²) in [5.74, 6) is -0.870. The van der Waals surface area contributed by atoms with E-state index in [0.29, 0.717) is 28.8 Å². The lowest BCUT2D eigenvalue weighted by atomic mass is 10.4. The summed E-state index contributed by atoms with van der Waals surface area (Å²) in [6, 6.07) is 1.43. The number of aromatic nitrogens is 3. The van der Waals surface area contributed by atoms with Gasteiger partial charge in [0, 0.05) is 11.8 Å². The molecule has 7 nitrogen and oxygen atoms in total. The first-order valence-corrected chi connectivity index (χ1v) is 7.11. The van der Waals surface area contributed by atoms with Crippen molar-refractivity contribution in [1.82, 2.24) is 19.5 Å². The smallest absolute Gasteiger partial charge is 0.317 e. The van der Waals surface area contributed by atoms with Crippen LogP contribution >= 0.6 is 11.3 Å². The Balaban J connectivity index is 2.26. The Bertz CT molecular complexity index is 679. The molecule has 0 spiro atoms. The summed E-state index contributed by atoms with van der Waals surface area (Å²) in [6.45, 7) is 4.79. The van der Waals surface area contributed by atoms with Crippen molar-refractivity contribution in [2.45, 2.75) is 26.8 Å². The number of hydrogen-bond donors (Lipinski definition) is 1. The van der Waals surface area contributed by atoms with Crippen LogP contribution in [0.15, 0.2) is 10.9 Å². The van der Waals surface area contributed by atoms with Crippen LogP contribution in [0, 0.1) is 6.92 Å². The number of nitrogens with zero attached hydrogens (tertiary/aromatic N) is 4. The first kappa shape index (κ1) is 14.6. The van der Waals surface area contributed by atoms with Gasteiger partial charge in [-0.3, -0.25) is 14.5 Å². The number of carboxylic acid groups (broad SMARTS) is 1. The molecular weight excluding hydrogens is 280 g/mol. The minimum Gasteiger partial charge on any atom is -0.480 e. The first-order valence-electron chi connectivity index (χ1n) is 6.30. The van der Waals surface area contributed by atoms with Crippen LogP contribution in [0.4, 0.5) is 0 Å². The van der Waals surface area contributed by atoms with Gasteiger partial charge >= 0.3 is 5.97 Å². The van der Waals surface area contributed by atoms with E-state index in [0.717, 1.165) is 6.42 Å². The highest BCUT2D eigenvalue weighted by Gasteiger charge is 2.14. The first-order chi connectivity index (χ1) is 9.49. The molecule has 0 aromatic carbocycles. The Kier molecular flexibility index (Phi) is 4.46. The largest absolute Gasteiger partial charge is 0.480 e. The van der Waals surface area contributed by atoms with Crippen molar-refractivity contribution in [1.29, 1.82) is 0 Å². The fraction of sp³-hybridized carbons (Fsp3) is 0.500. The lowest BCUT2D eigenvalue weighted by molar-refractivity contribution is -0.138. The summed E-state index contributed by atoms with van der Waals surface area (Å²) < 4.78 is 1.26. The number of aryl methyl sites for hydroxylation is 1. The fourth-order valence-electron chi connectivity index (χ4n) is 1.94. The molecule has 2 heterocycles. The number of hydrogen-bond acceptors (Lipinski definition) is 6. The Labute approximate surface area is 119 Å². The van der Waals surface area contributed by atoms with Crippen molar-refractivity contribution in [2.24, 2.45) is 0 Å².